The number of ether oxygens (including phenoxy) is 1. The van der Waals surface area contributed by atoms with E-state index in [-0.39, 0.29) is 17.5 Å². The molecular weight excluding hydrogens is 433 g/mol. The van der Waals surface area contributed by atoms with Gasteiger partial charge in [-0.3, -0.25) is 4.90 Å². The SMILES string of the molecule is CNCC[C@@H](Oc1ccccc1N1CCC(c2ccc(F)cc2)(N(C)C)CC1)c1cccs1. The monoisotopic (exact) mass is 467 g/mol. The van der Waals surface area contributed by atoms with Gasteiger partial charge in [0.1, 0.15) is 17.7 Å². The highest BCUT2D eigenvalue weighted by Gasteiger charge is 2.38. The molecule has 1 atom stereocenters. The van der Waals surface area contributed by atoms with Crippen molar-refractivity contribution in [2.24, 2.45) is 0 Å². The van der Waals surface area contributed by atoms with Crippen molar-refractivity contribution >= 4 is 17.0 Å². The quantitative estimate of drug-likeness (QED) is 0.439. The first-order chi connectivity index (χ1) is 16.0. The molecule has 6 heteroatoms. The first-order valence-electron chi connectivity index (χ1n) is 11.7. The summed E-state index contributed by atoms with van der Waals surface area (Å²) < 4.78 is 20.2. The molecule has 2 heterocycles. The second kappa shape index (κ2) is 10.7. The summed E-state index contributed by atoms with van der Waals surface area (Å²) in [7, 11) is 6.23. The topological polar surface area (TPSA) is 27.7 Å². The van der Waals surface area contributed by atoms with Gasteiger partial charge in [-0.05, 0) is 81.8 Å². The average molecular weight is 468 g/mol. The normalized spacial score (nSPS) is 16.7. The van der Waals surface area contributed by atoms with Crippen LogP contribution in [0, 0.1) is 5.82 Å². The molecule has 3 aromatic rings. The van der Waals surface area contributed by atoms with E-state index in [2.05, 4.69) is 71.0 Å². The number of halogens is 1. The molecule has 1 aliphatic rings. The van der Waals surface area contributed by atoms with E-state index >= 15 is 0 Å². The predicted molar refractivity (Wildman–Crippen MR) is 136 cm³/mol. The molecule has 176 valence electrons. The summed E-state index contributed by atoms with van der Waals surface area (Å²) in [5.41, 5.74) is 2.24. The van der Waals surface area contributed by atoms with Crippen molar-refractivity contribution in [3.63, 3.8) is 0 Å². The molecule has 1 fully saturated rings. The Balaban J connectivity index is 1.53. The maximum absolute atomic E-state index is 13.6. The van der Waals surface area contributed by atoms with Gasteiger partial charge in [-0.2, -0.15) is 0 Å². The number of hydrogen-bond donors (Lipinski definition) is 1. The molecule has 0 aliphatic carbocycles. The summed E-state index contributed by atoms with van der Waals surface area (Å²) in [5, 5.41) is 5.36. The highest BCUT2D eigenvalue weighted by Crippen LogP contribution is 2.41. The zero-order valence-electron chi connectivity index (χ0n) is 19.8. The number of nitrogens with zero attached hydrogens (tertiary/aromatic N) is 2. The van der Waals surface area contributed by atoms with Gasteiger partial charge in [0.25, 0.3) is 0 Å². The maximum atomic E-state index is 13.6. The van der Waals surface area contributed by atoms with Crippen molar-refractivity contribution in [1.29, 1.82) is 0 Å². The number of thiophene rings is 1. The molecule has 0 bridgehead atoms. The van der Waals surface area contributed by atoms with E-state index in [1.165, 1.54) is 10.4 Å². The molecule has 1 saturated heterocycles. The van der Waals surface area contributed by atoms with Gasteiger partial charge in [-0.1, -0.05) is 30.3 Å². The predicted octanol–water partition coefficient (Wildman–Crippen LogP) is 5.67. The third kappa shape index (κ3) is 5.24. The first-order valence-corrected chi connectivity index (χ1v) is 12.5. The molecule has 0 amide bonds. The smallest absolute Gasteiger partial charge is 0.143 e. The highest BCUT2D eigenvalue weighted by atomic mass is 32.1. The molecule has 1 N–H and O–H groups in total. The molecule has 4 rings (SSSR count). The molecule has 0 saturated carbocycles. The summed E-state index contributed by atoms with van der Waals surface area (Å²) >= 11 is 1.75. The largest absolute Gasteiger partial charge is 0.483 e. The van der Waals surface area contributed by atoms with Gasteiger partial charge in [0.15, 0.2) is 0 Å². The molecule has 2 aromatic carbocycles. The van der Waals surface area contributed by atoms with E-state index in [4.69, 9.17) is 4.74 Å². The first kappa shape index (κ1) is 23.7. The van der Waals surface area contributed by atoms with Crippen molar-refractivity contribution in [2.75, 3.05) is 45.7 Å². The molecule has 1 aliphatic heterocycles. The van der Waals surface area contributed by atoms with Crippen molar-refractivity contribution < 1.29 is 9.13 Å². The summed E-state index contributed by atoms with van der Waals surface area (Å²) in [4.78, 5) is 5.98. The Labute approximate surface area is 201 Å². The van der Waals surface area contributed by atoms with Crippen molar-refractivity contribution in [1.82, 2.24) is 10.2 Å². The molecule has 0 spiro atoms. The average Bonchev–Trinajstić information content (AvgIpc) is 3.37. The van der Waals surface area contributed by atoms with Crippen LogP contribution in [0.4, 0.5) is 10.1 Å². The van der Waals surface area contributed by atoms with E-state index in [0.29, 0.717) is 0 Å². The Morgan fingerprint density at radius 1 is 1.06 bits per heavy atom. The Hall–Kier alpha value is -2.41. The van der Waals surface area contributed by atoms with Crippen LogP contribution >= 0.6 is 11.3 Å². The zero-order chi connectivity index (χ0) is 23.3. The molecule has 4 nitrogen and oxygen atoms in total. The Kier molecular flexibility index (Phi) is 7.68. The minimum atomic E-state index is -0.185. The second-order valence-electron chi connectivity index (χ2n) is 8.90. The number of hydrogen-bond acceptors (Lipinski definition) is 5. The van der Waals surface area contributed by atoms with Gasteiger partial charge in [-0.15, -0.1) is 11.3 Å². The van der Waals surface area contributed by atoms with Gasteiger partial charge in [0.2, 0.25) is 0 Å². The maximum Gasteiger partial charge on any atom is 0.143 e. The molecule has 33 heavy (non-hydrogen) atoms. The summed E-state index contributed by atoms with van der Waals surface area (Å²) in [6, 6.07) is 19.7. The van der Waals surface area contributed by atoms with E-state index in [0.717, 1.165) is 50.3 Å². The van der Waals surface area contributed by atoms with Crippen LogP contribution in [0.2, 0.25) is 0 Å². The van der Waals surface area contributed by atoms with E-state index in [1.54, 1.807) is 23.5 Å². The lowest BCUT2D eigenvalue weighted by atomic mass is 9.79. The van der Waals surface area contributed by atoms with Gasteiger partial charge in [-0.25, -0.2) is 4.39 Å². The number of benzene rings is 2. The van der Waals surface area contributed by atoms with Crippen molar-refractivity contribution in [3.8, 4) is 5.75 Å². The molecule has 1 aromatic heterocycles. The molecular formula is C27H34FN3OS. The zero-order valence-corrected chi connectivity index (χ0v) is 20.6. The summed E-state index contributed by atoms with van der Waals surface area (Å²) in [6.45, 7) is 2.73. The van der Waals surface area contributed by atoms with Crippen LogP contribution in [0.25, 0.3) is 0 Å². The number of piperidine rings is 1. The van der Waals surface area contributed by atoms with Crippen LogP contribution in [-0.2, 0) is 5.54 Å². The minimum absolute atomic E-state index is 0.0310. The standard InChI is InChI=1S/C27H34FN3OS/c1-29-17-14-25(26-9-6-20-33-26)32-24-8-5-4-7-23(24)31-18-15-27(16-19-31,30(2)3)21-10-12-22(28)13-11-21/h4-13,20,25,29H,14-19H2,1-3H3/t25-/m1/s1. The minimum Gasteiger partial charge on any atom is -0.483 e. The Morgan fingerprint density at radius 2 is 1.79 bits per heavy atom. The van der Waals surface area contributed by atoms with Crippen LogP contribution in [0.1, 0.15) is 35.8 Å². The van der Waals surface area contributed by atoms with E-state index in [9.17, 15) is 4.39 Å². The van der Waals surface area contributed by atoms with Crippen molar-refractivity contribution in [3.05, 3.63) is 82.3 Å². The van der Waals surface area contributed by atoms with Crippen LogP contribution < -0.4 is 15.0 Å². The number of para-hydroxylation sites is 2. The number of anilines is 1. The van der Waals surface area contributed by atoms with Crippen molar-refractivity contribution in [2.45, 2.75) is 30.9 Å². The van der Waals surface area contributed by atoms with Gasteiger partial charge < -0.3 is 15.0 Å². The fraction of sp³-hybridized carbons (Fsp3) is 0.407. The second-order valence-corrected chi connectivity index (χ2v) is 9.88. The number of nitrogens with one attached hydrogen (secondary N) is 1. The molecule has 0 radical (unpaired) electrons. The number of rotatable bonds is 9. The van der Waals surface area contributed by atoms with Crippen LogP contribution in [0.3, 0.4) is 0 Å². The Bertz CT molecular complexity index is 998. The van der Waals surface area contributed by atoms with E-state index in [1.807, 2.05) is 19.2 Å². The fourth-order valence-corrected chi connectivity index (χ4v) is 5.64. The summed E-state index contributed by atoms with van der Waals surface area (Å²) in [6.07, 6.45) is 2.88. The van der Waals surface area contributed by atoms with Crippen LogP contribution in [0.5, 0.6) is 5.75 Å². The van der Waals surface area contributed by atoms with Crippen LogP contribution in [0.15, 0.2) is 66.0 Å². The van der Waals surface area contributed by atoms with E-state index < -0.39 is 0 Å². The lowest BCUT2D eigenvalue weighted by molar-refractivity contribution is 0.115. The lowest BCUT2D eigenvalue weighted by Crippen LogP contribution is -2.50. The highest BCUT2D eigenvalue weighted by molar-refractivity contribution is 7.10. The van der Waals surface area contributed by atoms with Gasteiger partial charge in [0.05, 0.1) is 5.69 Å². The lowest BCUT2D eigenvalue weighted by Gasteiger charge is -2.47. The van der Waals surface area contributed by atoms with Gasteiger partial charge >= 0.3 is 0 Å². The van der Waals surface area contributed by atoms with Crippen LogP contribution in [-0.4, -0.2) is 45.7 Å². The molecule has 0 unspecified atom stereocenters. The fourth-order valence-electron chi connectivity index (χ4n) is 4.85. The van der Waals surface area contributed by atoms with Gasteiger partial charge in [0, 0.05) is 29.9 Å². The summed E-state index contributed by atoms with van der Waals surface area (Å²) in [5.74, 6) is 0.751. The Morgan fingerprint density at radius 3 is 2.42 bits per heavy atom. The third-order valence-corrected chi connectivity index (χ3v) is 7.78. The third-order valence-electron chi connectivity index (χ3n) is 6.82.